The van der Waals surface area contributed by atoms with E-state index in [1.165, 1.54) is 45.0 Å². The summed E-state index contributed by atoms with van der Waals surface area (Å²) in [6, 6.07) is -4.89. The number of hydrogen-bond acceptors (Lipinski definition) is 15. The molecular weight excluding hydrogens is 955 g/mol. The van der Waals surface area contributed by atoms with E-state index < -0.39 is 108 Å². The van der Waals surface area contributed by atoms with Crippen LogP contribution in [0.25, 0.3) is 0 Å². The Labute approximate surface area is 417 Å². The molecule has 0 saturated carbocycles. The molecule has 1 rings (SSSR count). The van der Waals surface area contributed by atoms with Crippen LogP contribution in [-0.4, -0.2) is 154 Å². The molecule has 0 aliphatic rings. The predicted octanol–water partition coefficient (Wildman–Crippen LogP) is -5.27. The van der Waals surface area contributed by atoms with Crippen LogP contribution >= 0.6 is 25.3 Å². The first-order chi connectivity index (χ1) is 32.8. The summed E-state index contributed by atoms with van der Waals surface area (Å²) < 4.78 is 0. The van der Waals surface area contributed by atoms with E-state index >= 15 is 0 Å². The monoisotopic (exact) mass is 1030 g/mol. The summed E-state index contributed by atoms with van der Waals surface area (Å²) in [5.41, 5.74) is 27.9. The topological polar surface area (TPSA) is 445 Å². The Kier molecular flexibility index (Phi) is 27.7. The van der Waals surface area contributed by atoms with Gasteiger partial charge in [0.05, 0.1) is 6.10 Å². The Bertz CT molecular complexity index is 2000. The highest BCUT2D eigenvalue weighted by molar-refractivity contribution is 7.80. The number of carbonyl (C=O) groups excluding carboxylic acids is 9. The van der Waals surface area contributed by atoms with Gasteiger partial charge in [0.15, 0.2) is 11.9 Å². The molecule has 0 fully saturated rings. The third kappa shape index (κ3) is 23.6. The van der Waals surface area contributed by atoms with E-state index in [0.29, 0.717) is 5.56 Å². The van der Waals surface area contributed by atoms with Crippen LogP contribution in [0.4, 0.5) is 0 Å². The number of phenolic OH excluding ortho intramolecular Hbond substituents is 1. The molecule has 28 heteroatoms. The van der Waals surface area contributed by atoms with Crippen LogP contribution < -0.4 is 71.2 Å². The van der Waals surface area contributed by atoms with Crippen molar-refractivity contribution in [2.75, 3.05) is 24.6 Å². The molecule has 1 aromatic carbocycles. The minimum absolute atomic E-state index is 0.00270. The Morgan fingerprint density at radius 1 is 0.557 bits per heavy atom. The minimum Gasteiger partial charge on any atom is -0.508 e. The predicted molar refractivity (Wildman–Crippen MR) is 266 cm³/mol. The van der Waals surface area contributed by atoms with Gasteiger partial charge in [0.2, 0.25) is 53.2 Å². The van der Waals surface area contributed by atoms with Gasteiger partial charge in [-0.2, -0.15) is 25.3 Å². The molecule has 20 N–H and O–H groups in total. The van der Waals surface area contributed by atoms with Gasteiger partial charge in [0.1, 0.15) is 54.1 Å². The summed E-state index contributed by atoms with van der Waals surface area (Å²) in [7, 11) is 0. The van der Waals surface area contributed by atoms with Crippen molar-refractivity contribution in [3.63, 3.8) is 0 Å². The second kappa shape index (κ2) is 31.6. The number of carbonyl (C=O) groups is 9. The van der Waals surface area contributed by atoms with Crippen molar-refractivity contribution >= 4 is 90.3 Å². The van der Waals surface area contributed by atoms with Gasteiger partial charge in [-0.1, -0.05) is 26.0 Å². The Balaban J connectivity index is 3.31. The first kappa shape index (κ1) is 61.5. The van der Waals surface area contributed by atoms with Crippen LogP contribution in [0.3, 0.4) is 0 Å². The second-order valence-corrected chi connectivity index (χ2v) is 17.4. The third-order valence-corrected chi connectivity index (χ3v) is 10.8. The largest absolute Gasteiger partial charge is 0.508 e. The molecule has 0 spiro atoms. The molecule has 70 heavy (non-hydrogen) atoms. The molecule has 0 radical (unpaired) electrons. The van der Waals surface area contributed by atoms with Crippen LogP contribution in [0, 0.1) is 5.92 Å². The number of nitrogens with one attached hydrogen (secondary N) is 8. The number of nitrogens with zero attached hydrogens (tertiary/aromatic N) is 2. The van der Waals surface area contributed by atoms with Crippen molar-refractivity contribution < 1.29 is 53.4 Å². The molecule has 9 amide bonds. The molecular formula is C42H71N15O11S2. The summed E-state index contributed by atoms with van der Waals surface area (Å²) >= 11 is 8.32. The third-order valence-electron chi connectivity index (χ3n) is 10.0. The van der Waals surface area contributed by atoms with Gasteiger partial charge in [0.25, 0.3) is 0 Å². The first-order valence-electron chi connectivity index (χ1n) is 22.3. The number of hydrogen-bond donors (Lipinski definition) is 17. The number of aliphatic hydroxyl groups is 1. The zero-order valence-corrected chi connectivity index (χ0v) is 41.7. The molecule has 1 aromatic rings. The van der Waals surface area contributed by atoms with E-state index in [0.717, 1.165) is 0 Å². The van der Waals surface area contributed by atoms with Crippen LogP contribution in [0.2, 0.25) is 0 Å². The Morgan fingerprint density at radius 3 is 1.40 bits per heavy atom. The summed E-state index contributed by atoms with van der Waals surface area (Å²) in [5, 5.41) is 40.2. The average Bonchev–Trinajstić information content (AvgIpc) is 3.27. The lowest BCUT2D eigenvalue weighted by Crippen LogP contribution is -2.61. The molecule has 0 aliphatic heterocycles. The lowest BCUT2D eigenvalue weighted by atomic mass is 10.0. The van der Waals surface area contributed by atoms with Crippen molar-refractivity contribution in [2.24, 2.45) is 44.6 Å². The number of thiol groups is 2. The van der Waals surface area contributed by atoms with Crippen LogP contribution in [0.15, 0.2) is 34.3 Å². The van der Waals surface area contributed by atoms with E-state index in [9.17, 15) is 53.4 Å². The molecule has 392 valence electrons. The second-order valence-electron chi connectivity index (χ2n) is 16.7. The number of aliphatic hydroxyl groups excluding tert-OH is 1. The van der Waals surface area contributed by atoms with Crippen LogP contribution in [0.5, 0.6) is 5.75 Å². The van der Waals surface area contributed by atoms with E-state index in [2.05, 4.69) is 77.8 Å². The number of aromatic hydroxyl groups is 1. The maximum Gasteiger partial charge on any atom is 0.245 e. The number of phenols is 1. The SMILES string of the molecule is CC(=O)N[C@H](CS)C(=O)N[C@@H](CC(C)C)C(=O)N[C@@H](C)C(=O)N[C@H](C(=O)N[C@@H](CCCN=C(N)N)C(=O)N[C@@H](CS)C(=O)N[C@@H](CCCN=C(N)N)C(=O)N[C@@H](Cc1ccc(O)cc1)C(N)=O)[C@@H](C)O. The molecule has 0 saturated heterocycles. The zero-order valence-electron chi connectivity index (χ0n) is 39.9. The number of benzene rings is 1. The number of primary amides is 1. The fraction of sp³-hybridized carbons (Fsp3) is 0.595. The maximum atomic E-state index is 13.9. The highest BCUT2D eigenvalue weighted by Crippen LogP contribution is 2.13. The van der Waals surface area contributed by atoms with E-state index in [4.69, 9.17) is 28.7 Å². The van der Waals surface area contributed by atoms with Crippen LogP contribution in [-0.2, 0) is 49.6 Å². The smallest absolute Gasteiger partial charge is 0.245 e. The number of rotatable bonds is 31. The summed E-state index contributed by atoms with van der Waals surface area (Å²) in [6.07, 6.45) is -1.43. The van der Waals surface area contributed by atoms with Crippen molar-refractivity contribution in [1.82, 2.24) is 42.5 Å². The number of aliphatic imine (C=N–C) groups is 2. The first-order valence-corrected chi connectivity index (χ1v) is 23.5. The van der Waals surface area contributed by atoms with Gasteiger partial charge >= 0.3 is 0 Å². The molecule has 9 atom stereocenters. The lowest BCUT2D eigenvalue weighted by molar-refractivity contribution is -0.137. The molecule has 26 nitrogen and oxygen atoms in total. The summed E-state index contributed by atoms with van der Waals surface area (Å²) in [4.78, 5) is 127. The lowest BCUT2D eigenvalue weighted by Gasteiger charge is -2.28. The highest BCUT2D eigenvalue weighted by Gasteiger charge is 2.35. The van der Waals surface area contributed by atoms with Gasteiger partial charge in [-0.05, 0) is 69.6 Å². The minimum atomic E-state index is -1.71. The number of guanidine groups is 2. The molecule has 0 unspecified atom stereocenters. The summed E-state index contributed by atoms with van der Waals surface area (Å²) in [5.74, 6) is -8.48. The van der Waals surface area contributed by atoms with Crippen molar-refractivity contribution in [2.45, 2.75) is 128 Å². The van der Waals surface area contributed by atoms with E-state index in [1.54, 1.807) is 13.8 Å². The molecule has 0 bridgehead atoms. The van der Waals surface area contributed by atoms with Gasteiger partial charge in [-0.3, -0.25) is 53.1 Å². The average molecular weight is 1030 g/mol. The van der Waals surface area contributed by atoms with Gasteiger partial charge in [-0.15, -0.1) is 0 Å². The van der Waals surface area contributed by atoms with Crippen molar-refractivity contribution in [3.8, 4) is 5.75 Å². The Morgan fingerprint density at radius 2 is 0.971 bits per heavy atom. The van der Waals surface area contributed by atoms with E-state index in [1.807, 2.05) is 0 Å². The number of amides is 9. The standard InChI is InChI=1S/C42H71N15O11S2/c1-20(2)16-29(55-38(66)30(18-69)51-23(5)59)37(65)50-21(3)34(62)57-32(22(4)58)40(68)53-27(9-7-15-49-42(46)47)36(64)56-31(19-70)39(67)52-26(8-6-14-48-41(44)45)35(63)54-28(33(43)61)17-24-10-12-25(60)13-11-24/h10-13,20-22,26-32,58,60,69-70H,6-9,14-19H2,1-5H3,(H2,43,61)(H,50,65)(H,51,59)(H,52,67)(H,53,68)(H,54,63)(H,55,66)(H,56,64)(H,57,62)(H4,44,45,48)(H4,46,47,49)/t21-,22+,26-,27-,28-,29-,30+,31-,32-/m0/s1. The quantitative estimate of drug-likeness (QED) is 0.0143. The number of nitrogens with two attached hydrogens (primary N) is 5. The maximum absolute atomic E-state index is 13.9. The molecule has 0 heterocycles. The molecule has 0 aliphatic carbocycles. The van der Waals surface area contributed by atoms with Gasteiger partial charge in [-0.25, -0.2) is 0 Å². The van der Waals surface area contributed by atoms with Gasteiger partial charge in [0, 0.05) is 37.9 Å². The summed E-state index contributed by atoms with van der Waals surface area (Å²) in [6.45, 7) is 7.35. The van der Waals surface area contributed by atoms with E-state index in [-0.39, 0.29) is 86.7 Å². The normalized spacial score (nSPS) is 14.8. The fourth-order valence-corrected chi connectivity index (χ4v) is 6.90. The fourth-order valence-electron chi connectivity index (χ4n) is 6.39. The van der Waals surface area contributed by atoms with Crippen molar-refractivity contribution in [1.29, 1.82) is 0 Å². The zero-order chi connectivity index (χ0) is 53.2. The Hall–Kier alpha value is -6.55. The van der Waals surface area contributed by atoms with Crippen molar-refractivity contribution in [3.05, 3.63) is 29.8 Å². The van der Waals surface area contributed by atoms with Gasteiger partial charge < -0.3 is 81.4 Å². The highest BCUT2D eigenvalue weighted by atomic mass is 32.1. The molecule has 0 aromatic heterocycles. The van der Waals surface area contributed by atoms with Crippen LogP contribution in [0.1, 0.15) is 72.3 Å².